The van der Waals surface area contributed by atoms with Gasteiger partial charge in [0.1, 0.15) is 0 Å². The van der Waals surface area contributed by atoms with Crippen LogP contribution >= 0.6 is 27.7 Å². The number of carboxylic acids is 1. The molecule has 0 atom stereocenters. The third-order valence-electron chi connectivity index (χ3n) is 1.73. The average molecular weight is 304 g/mol. The standard InChI is InChI=1S/C10H10BrNO3S/c1-12(2)10(15)16-8-4-3-6(11)5-7(8)9(13)14/h3-5H,1-2H3,(H,13,14). The molecule has 0 aromatic heterocycles. The summed E-state index contributed by atoms with van der Waals surface area (Å²) in [5, 5.41) is 8.78. The lowest BCUT2D eigenvalue weighted by Crippen LogP contribution is -2.16. The molecule has 1 aromatic carbocycles. The number of aromatic carboxylic acids is 1. The molecule has 1 amide bonds. The quantitative estimate of drug-likeness (QED) is 0.854. The maximum Gasteiger partial charge on any atom is 0.336 e. The molecule has 4 nitrogen and oxygen atoms in total. The second-order valence-corrected chi connectivity index (χ2v) is 5.12. The van der Waals surface area contributed by atoms with Gasteiger partial charge in [0.25, 0.3) is 5.24 Å². The largest absolute Gasteiger partial charge is 0.478 e. The van der Waals surface area contributed by atoms with Crippen LogP contribution in [0.1, 0.15) is 10.4 Å². The van der Waals surface area contributed by atoms with Crippen LogP contribution in [0.3, 0.4) is 0 Å². The van der Waals surface area contributed by atoms with Gasteiger partial charge in [-0.3, -0.25) is 4.79 Å². The third kappa shape index (κ3) is 3.24. The van der Waals surface area contributed by atoms with Gasteiger partial charge in [-0.05, 0) is 30.0 Å². The number of hydrogen-bond acceptors (Lipinski definition) is 3. The Balaban J connectivity index is 3.04. The number of carbonyl (C=O) groups excluding carboxylic acids is 1. The molecule has 1 rings (SSSR count). The first-order chi connectivity index (χ1) is 7.41. The Morgan fingerprint density at radius 2 is 2.00 bits per heavy atom. The van der Waals surface area contributed by atoms with E-state index in [0.29, 0.717) is 9.37 Å². The fraction of sp³-hybridized carbons (Fsp3) is 0.200. The third-order valence-corrected chi connectivity index (χ3v) is 3.34. The second-order valence-electron chi connectivity index (χ2n) is 3.21. The minimum absolute atomic E-state index is 0.120. The van der Waals surface area contributed by atoms with Gasteiger partial charge >= 0.3 is 5.97 Å². The highest BCUT2D eigenvalue weighted by Gasteiger charge is 2.15. The van der Waals surface area contributed by atoms with E-state index >= 15 is 0 Å². The summed E-state index contributed by atoms with van der Waals surface area (Å²) in [5.41, 5.74) is 0.120. The number of rotatable bonds is 2. The number of amides is 1. The summed E-state index contributed by atoms with van der Waals surface area (Å²) in [4.78, 5) is 24.3. The van der Waals surface area contributed by atoms with E-state index in [4.69, 9.17) is 5.11 Å². The summed E-state index contributed by atoms with van der Waals surface area (Å²) in [6.07, 6.45) is 0. The molecule has 0 heterocycles. The van der Waals surface area contributed by atoms with Crippen molar-refractivity contribution in [1.29, 1.82) is 0 Å². The van der Waals surface area contributed by atoms with Crippen LogP contribution in [0.4, 0.5) is 4.79 Å². The number of nitrogens with zero attached hydrogens (tertiary/aromatic N) is 1. The van der Waals surface area contributed by atoms with E-state index in [0.717, 1.165) is 11.8 Å². The van der Waals surface area contributed by atoms with Gasteiger partial charge in [-0.1, -0.05) is 15.9 Å². The van der Waals surface area contributed by atoms with E-state index in [2.05, 4.69) is 15.9 Å². The minimum Gasteiger partial charge on any atom is -0.478 e. The van der Waals surface area contributed by atoms with Crippen LogP contribution in [-0.4, -0.2) is 35.3 Å². The van der Waals surface area contributed by atoms with Crippen molar-refractivity contribution in [3.05, 3.63) is 28.2 Å². The van der Waals surface area contributed by atoms with Crippen molar-refractivity contribution in [2.75, 3.05) is 14.1 Å². The minimum atomic E-state index is -1.05. The van der Waals surface area contributed by atoms with Crippen molar-refractivity contribution >= 4 is 38.9 Å². The molecule has 16 heavy (non-hydrogen) atoms. The lowest BCUT2D eigenvalue weighted by Gasteiger charge is -2.10. The lowest BCUT2D eigenvalue weighted by molar-refractivity contribution is 0.0693. The number of carboxylic acid groups (broad SMARTS) is 1. The maximum absolute atomic E-state index is 11.5. The molecule has 0 saturated carbocycles. The topological polar surface area (TPSA) is 57.6 Å². The van der Waals surface area contributed by atoms with Gasteiger partial charge in [-0.2, -0.15) is 0 Å². The number of halogens is 1. The van der Waals surface area contributed by atoms with Crippen molar-refractivity contribution in [2.24, 2.45) is 0 Å². The Hall–Kier alpha value is -1.01. The molecule has 1 N–H and O–H groups in total. The molecule has 6 heteroatoms. The van der Waals surface area contributed by atoms with Crippen LogP contribution in [0, 0.1) is 0 Å². The van der Waals surface area contributed by atoms with Gasteiger partial charge in [-0.25, -0.2) is 4.79 Å². The zero-order valence-corrected chi connectivity index (χ0v) is 11.1. The summed E-state index contributed by atoms with van der Waals surface area (Å²) in [5.74, 6) is -1.05. The van der Waals surface area contributed by atoms with E-state index in [9.17, 15) is 9.59 Å². The SMILES string of the molecule is CN(C)C(=O)Sc1ccc(Br)cc1C(=O)O. The van der Waals surface area contributed by atoms with E-state index in [1.165, 1.54) is 11.0 Å². The molecule has 1 aromatic rings. The van der Waals surface area contributed by atoms with Crippen molar-refractivity contribution in [3.63, 3.8) is 0 Å². The van der Waals surface area contributed by atoms with Gasteiger partial charge < -0.3 is 10.0 Å². The summed E-state index contributed by atoms with van der Waals surface area (Å²) in [7, 11) is 3.24. The first-order valence-corrected chi connectivity index (χ1v) is 5.94. The predicted octanol–water partition coefficient (Wildman–Crippen LogP) is 2.92. The summed E-state index contributed by atoms with van der Waals surface area (Å²) in [6, 6.07) is 4.80. The molecule has 0 aliphatic heterocycles. The molecule has 0 radical (unpaired) electrons. The van der Waals surface area contributed by atoms with Gasteiger partial charge in [-0.15, -0.1) is 0 Å². The van der Waals surface area contributed by atoms with Crippen LogP contribution in [0.2, 0.25) is 0 Å². The lowest BCUT2D eigenvalue weighted by atomic mass is 10.2. The van der Waals surface area contributed by atoms with E-state index < -0.39 is 5.97 Å². The highest BCUT2D eigenvalue weighted by atomic mass is 79.9. The highest BCUT2D eigenvalue weighted by Crippen LogP contribution is 2.27. The Kier molecular flexibility index (Phi) is 4.37. The summed E-state index contributed by atoms with van der Waals surface area (Å²) in [6.45, 7) is 0. The Bertz CT molecular complexity index is 434. The van der Waals surface area contributed by atoms with Gasteiger partial charge in [0.2, 0.25) is 0 Å². The average Bonchev–Trinajstić information content (AvgIpc) is 2.20. The fourth-order valence-electron chi connectivity index (χ4n) is 0.944. The van der Waals surface area contributed by atoms with Crippen LogP contribution < -0.4 is 0 Å². The fourth-order valence-corrected chi connectivity index (χ4v) is 2.07. The zero-order chi connectivity index (χ0) is 12.3. The van der Waals surface area contributed by atoms with Crippen molar-refractivity contribution in [3.8, 4) is 0 Å². The van der Waals surface area contributed by atoms with Crippen LogP contribution in [0.5, 0.6) is 0 Å². The van der Waals surface area contributed by atoms with Crippen LogP contribution in [-0.2, 0) is 0 Å². The van der Waals surface area contributed by atoms with Crippen molar-refractivity contribution < 1.29 is 14.7 Å². The Morgan fingerprint density at radius 1 is 1.38 bits per heavy atom. The number of carbonyl (C=O) groups is 2. The van der Waals surface area contributed by atoms with E-state index in [-0.39, 0.29) is 10.8 Å². The van der Waals surface area contributed by atoms with Crippen molar-refractivity contribution in [2.45, 2.75) is 4.90 Å². The number of hydrogen-bond donors (Lipinski definition) is 1. The van der Waals surface area contributed by atoms with E-state index in [1.807, 2.05) is 0 Å². The highest BCUT2D eigenvalue weighted by molar-refractivity contribution is 9.10. The molecular formula is C10H10BrNO3S. The number of thioether (sulfide) groups is 1. The van der Waals surface area contributed by atoms with Crippen LogP contribution in [0.15, 0.2) is 27.6 Å². The predicted molar refractivity (Wildman–Crippen MR) is 66.0 cm³/mol. The number of benzene rings is 1. The zero-order valence-electron chi connectivity index (χ0n) is 8.73. The molecule has 0 bridgehead atoms. The second kappa shape index (κ2) is 5.36. The normalized spacial score (nSPS) is 9.94. The molecule has 0 aliphatic carbocycles. The smallest absolute Gasteiger partial charge is 0.336 e. The monoisotopic (exact) mass is 303 g/mol. The van der Waals surface area contributed by atoms with E-state index in [1.54, 1.807) is 26.2 Å². The molecule has 0 unspecified atom stereocenters. The maximum atomic E-state index is 11.5. The molecule has 0 spiro atoms. The molecule has 86 valence electrons. The van der Waals surface area contributed by atoms with Gasteiger partial charge in [0.15, 0.2) is 0 Å². The Morgan fingerprint density at radius 3 is 2.50 bits per heavy atom. The molecule has 0 saturated heterocycles. The van der Waals surface area contributed by atoms with Crippen LogP contribution in [0.25, 0.3) is 0 Å². The molecular weight excluding hydrogens is 294 g/mol. The molecule has 0 fully saturated rings. The summed E-state index contributed by atoms with van der Waals surface area (Å²) < 4.78 is 0.673. The first kappa shape index (κ1) is 13.1. The van der Waals surface area contributed by atoms with Crippen molar-refractivity contribution in [1.82, 2.24) is 4.90 Å². The van der Waals surface area contributed by atoms with Gasteiger partial charge in [0, 0.05) is 23.5 Å². The Labute approximate surface area is 106 Å². The summed E-state index contributed by atoms with van der Waals surface area (Å²) >= 11 is 4.09. The first-order valence-electron chi connectivity index (χ1n) is 4.34. The van der Waals surface area contributed by atoms with Gasteiger partial charge in [0.05, 0.1) is 5.56 Å². The molecule has 0 aliphatic rings.